The molecule has 84 valence electrons. The smallest absolute Gasteiger partial charge is 0.126 e. The van der Waals surface area contributed by atoms with E-state index in [1.165, 1.54) is 5.56 Å². The summed E-state index contributed by atoms with van der Waals surface area (Å²) in [5.74, 6) is 2.67. The molecule has 2 N–H and O–H groups in total. The van der Waals surface area contributed by atoms with Gasteiger partial charge in [-0.15, -0.1) is 0 Å². The molecular formula is C11H18N2OS. The van der Waals surface area contributed by atoms with Gasteiger partial charge in [0.2, 0.25) is 0 Å². The van der Waals surface area contributed by atoms with Crippen molar-refractivity contribution in [1.29, 1.82) is 0 Å². The van der Waals surface area contributed by atoms with E-state index in [9.17, 15) is 0 Å². The lowest BCUT2D eigenvalue weighted by atomic mass is 10.3. The molecule has 0 aliphatic carbocycles. The Hall–Kier alpha value is -0.740. The van der Waals surface area contributed by atoms with Crippen LogP contribution >= 0.6 is 11.8 Å². The highest BCUT2D eigenvalue weighted by atomic mass is 32.2. The van der Waals surface area contributed by atoms with Gasteiger partial charge in [0.15, 0.2) is 0 Å². The minimum atomic E-state index is 0.247. The van der Waals surface area contributed by atoms with Crippen molar-refractivity contribution in [2.75, 3.05) is 24.2 Å². The van der Waals surface area contributed by atoms with Gasteiger partial charge >= 0.3 is 0 Å². The SMILES string of the molecule is CCCNc1cc(CSCCO)ccn1. The van der Waals surface area contributed by atoms with E-state index < -0.39 is 0 Å². The Labute approximate surface area is 95.3 Å². The number of rotatable bonds is 7. The van der Waals surface area contributed by atoms with Crippen molar-refractivity contribution >= 4 is 17.6 Å². The summed E-state index contributed by atoms with van der Waals surface area (Å²) in [4.78, 5) is 4.24. The highest BCUT2D eigenvalue weighted by molar-refractivity contribution is 7.98. The average molecular weight is 226 g/mol. The maximum absolute atomic E-state index is 8.67. The number of hydrogen-bond acceptors (Lipinski definition) is 4. The minimum absolute atomic E-state index is 0.247. The Kier molecular flexibility index (Phi) is 6.20. The number of nitrogens with zero attached hydrogens (tertiary/aromatic N) is 1. The maximum Gasteiger partial charge on any atom is 0.126 e. The third-order valence-electron chi connectivity index (χ3n) is 1.88. The van der Waals surface area contributed by atoms with Gasteiger partial charge in [-0.2, -0.15) is 11.8 Å². The summed E-state index contributed by atoms with van der Waals surface area (Å²) < 4.78 is 0. The summed E-state index contributed by atoms with van der Waals surface area (Å²) in [7, 11) is 0. The Morgan fingerprint density at radius 3 is 3.13 bits per heavy atom. The van der Waals surface area contributed by atoms with E-state index in [1.54, 1.807) is 11.8 Å². The second-order valence-corrected chi connectivity index (χ2v) is 4.36. The summed E-state index contributed by atoms with van der Waals surface area (Å²) in [5, 5.41) is 11.9. The lowest BCUT2D eigenvalue weighted by molar-refractivity contribution is 0.322. The van der Waals surface area contributed by atoms with Gasteiger partial charge in [0.1, 0.15) is 5.82 Å². The fourth-order valence-electron chi connectivity index (χ4n) is 1.17. The molecule has 0 aliphatic rings. The van der Waals surface area contributed by atoms with E-state index in [2.05, 4.69) is 23.3 Å². The molecule has 0 bridgehead atoms. The van der Waals surface area contributed by atoms with E-state index in [1.807, 2.05) is 12.3 Å². The van der Waals surface area contributed by atoms with Gasteiger partial charge < -0.3 is 10.4 Å². The quantitative estimate of drug-likeness (QED) is 0.699. The monoisotopic (exact) mass is 226 g/mol. The molecular weight excluding hydrogens is 208 g/mol. The van der Waals surface area contributed by atoms with Crippen LogP contribution in [0.15, 0.2) is 18.3 Å². The van der Waals surface area contributed by atoms with Crippen LogP contribution in [0.5, 0.6) is 0 Å². The molecule has 0 amide bonds. The Bertz CT molecular complexity index is 281. The molecule has 1 aromatic rings. The van der Waals surface area contributed by atoms with Gasteiger partial charge in [0.05, 0.1) is 6.61 Å². The zero-order chi connectivity index (χ0) is 10.9. The molecule has 15 heavy (non-hydrogen) atoms. The average Bonchev–Trinajstić information content (AvgIpc) is 2.27. The summed E-state index contributed by atoms with van der Waals surface area (Å²) in [6.07, 6.45) is 2.93. The highest BCUT2D eigenvalue weighted by Crippen LogP contribution is 2.14. The molecule has 0 radical (unpaired) electrons. The van der Waals surface area contributed by atoms with Crippen LogP contribution in [0, 0.1) is 0 Å². The standard InChI is InChI=1S/C11H18N2OS/c1-2-4-12-11-8-10(3-5-13-11)9-15-7-6-14/h3,5,8,14H,2,4,6-7,9H2,1H3,(H,12,13). The van der Waals surface area contributed by atoms with E-state index >= 15 is 0 Å². The van der Waals surface area contributed by atoms with Gasteiger partial charge in [-0.3, -0.25) is 0 Å². The summed E-state index contributed by atoms with van der Waals surface area (Å²) >= 11 is 1.73. The molecule has 0 aliphatic heterocycles. The Morgan fingerprint density at radius 2 is 2.40 bits per heavy atom. The van der Waals surface area contributed by atoms with Gasteiger partial charge in [-0.05, 0) is 24.1 Å². The van der Waals surface area contributed by atoms with Crippen LogP contribution in [0.3, 0.4) is 0 Å². The first-order valence-electron chi connectivity index (χ1n) is 5.24. The zero-order valence-corrected chi connectivity index (χ0v) is 9.89. The van der Waals surface area contributed by atoms with Crippen molar-refractivity contribution in [2.45, 2.75) is 19.1 Å². The number of nitrogens with one attached hydrogen (secondary N) is 1. The van der Waals surface area contributed by atoms with Crippen molar-refractivity contribution < 1.29 is 5.11 Å². The number of aromatic nitrogens is 1. The number of aliphatic hydroxyl groups excluding tert-OH is 1. The third-order valence-corrected chi connectivity index (χ3v) is 2.89. The highest BCUT2D eigenvalue weighted by Gasteiger charge is 1.96. The van der Waals surface area contributed by atoms with Crippen molar-refractivity contribution in [3.05, 3.63) is 23.9 Å². The van der Waals surface area contributed by atoms with E-state index in [-0.39, 0.29) is 6.61 Å². The molecule has 0 saturated heterocycles. The van der Waals surface area contributed by atoms with Crippen LogP contribution in [0.4, 0.5) is 5.82 Å². The van der Waals surface area contributed by atoms with Crippen molar-refractivity contribution in [3.8, 4) is 0 Å². The first kappa shape index (κ1) is 12.3. The lowest BCUT2D eigenvalue weighted by Gasteiger charge is -2.05. The largest absolute Gasteiger partial charge is 0.396 e. The second-order valence-electron chi connectivity index (χ2n) is 3.25. The van der Waals surface area contributed by atoms with Crippen molar-refractivity contribution in [1.82, 2.24) is 4.98 Å². The van der Waals surface area contributed by atoms with Gasteiger partial charge in [0, 0.05) is 24.2 Å². The molecule has 0 saturated carbocycles. The van der Waals surface area contributed by atoms with E-state index in [4.69, 9.17) is 5.11 Å². The first-order valence-corrected chi connectivity index (χ1v) is 6.39. The fraction of sp³-hybridized carbons (Fsp3) is 0.545. The third kappa shape index (κ3) is 5.04. The zero-order valence-electron chi connectivity index (χ0n) is 9.07. The predicted octanol–water partition coefficient (Wildman–Crippen LogP) is 2.13. The van der Waals surface area contributed by atoms with Crippen molar-refractivity contribution in [2.24, 2.45) is 0 Å². The molecule has 4 heteroatoms. The summed E-state index contributed by atoms with van der Waals surface area (Å²) in [6, 6.07) is 4.08. The molecule has 1 heterocycles. The predicted molar refractivity (Wildman–Crippen MR) is 66.3 cm³/mol. The Morgan fingerprint density at radius 1 is 1.53 bits per heavy atom. The first-order chi connectivity index (χ1) is 7.36. The Balaban J connectivity index is 2.42. The molecule has 0 fully saturated rings. The van der Waals surface area contributed by atoms with Gasteiger partial charge in [-0.1, -0.05) is 6.92 Å². The van der Waals surface area contributed by atoms with Crippen LogP contribution in [0.2, 0.25) is 0 Å². The number of thioether (sulfide) groups is 1. The molecule has 0 unspecified atom stereocenters. The van der Waals surface area contributed by atoms with Crippen LogP contribution in [0.1, 0.15) is 18.9 Å². The maximum atomic E-state index is 8.67. The van der Waals surface area contributed by atoms with Crippen LogP contribution in [-0.4, -0.2) is 29.0 Å². The van der Waals surface area contributed by atoms with Crippen molar-refractivity contribution in [3.63, 3.8) is 0 Å². The second kappa shape index (κ2) is 7.54. The molecule has 3 nitrogen and oxygen atoms in total. The molecule has 0 atom stereocenters. The molecule has 1 aromatic heterocycles. The number of anilines is 1. The molecule has 1 rings (SSSR count). The van der Waals surface area contributed by atoms with Crippen LogP contribution in [0.25, 0.3) is 0 Å². The number of aliphatic hydroxyl groups is 1. The topological polar surface area (TPSA) is 45.1 Å². The molecule has 0 spiro atoms. The summed E-state index contributed by atoms with van der Waals surface area (Å²) in [6.45, 7) is 3.34. The normalized spacial score (nSPS) is 10.3. The van der Waals surface area contributed by atoms with E-state index in [0.29, 0.717) is 0 Å². The summed E-state index contributed by atoms with van der Waals surface area (Å²) in [5.41, 5.74) is 1.25. The van der Waals surface area contributed by atoms with Gasteiger partial charge in [-0.25, -0.2) is 4.98 Å². The minimum Gasteiger partial charge on any atom is -0.396 e. The van der Waals surface area contributed by atoms with E-state index in [0.717, 1.165) is 30.3 Å². The van der Waals surface area contributed by atoms with Gasteiger partial charge in [0.25, 0.3) is 0 Å². The lowest BCUT2D eigenvalue weighted by Crippen LogP contribution is -2.02. The fourth-order valence-corrected chi connectivity index (χ4v) is 1.86. The number of hydrogen-bond donors (Lipinski definition) is 2. The van der Waals surface area contributed by atoms with Crippen LogP contribution in [-0.2, 0) is 5.75 Å². The molecule has 0 aromatic carbocycles. The number of pyridine rings is 1. The van der Waals surface area contributed by atoms with Crippen LogP contribution < -0.4 is 5.32 Å².